The summed E-state index contributed by atoms with van der Waals surface area (Å²) in [6.07, 6.45) is 0.553. The van der Waals surface area contributed by atoms with E-state index in [1.54, 1.807) is 0 Å². The largest absolute Gasteiger partial charge is 0.306 e. The predicted molar refractivity (Wildman–Crippen MR) is 25.3 cm³/mol. The van der Waals surface area contributed by atoms with Gasteiger partial charge in [0.25, 0.3) is 0 Å². The highest BCUT2D eigenvalue weighted by Gasteiger charge is 2.20. The summed E-state index contributed by atoms with van der Waals surface area (Å²) in [6.45, 7) is 0. The van der Waals surface area contributed by atoms with Gasteiger partial charge in [-0.1, -0.05) is 0 Å². The molecule has 0 rings (SSSR count). The fraction of sp³-hybridized carbons (Fsp3) is 1.00. The molecule has 46 valence electrons. The molecule has 0 unspecified atom stereocenters. The minimum absolute atomic E-state index is 0.553. The van der Waals surface area contributed by atoms with Crippen LogP contribution < -0.4 is 0 Å². The summed E-state index contributed by atoms with van der Waals surface area (Å²) >= 11 is 0. The van der Waals surface area contributed by atoms with Gasteiger partial charge >= 0.3 is 0 Å². The van der Waals surface area contributed by atoms with Crippen molar-refractivity contribution in [2.75, 3.05) is 12.3 Å². The zero-order valence-corrected chi connectivity index (χ0v) is 4.61. The van der Waals surface area contributed by atoms with E-state index in [0.717, 1.165) is 0 Å². The van der Waals surface area contributed by atoms with Crippen LogP contribution in [0.3, 0.4) is 0 Å². The second-order valence-electron chi connectivity index (χ2n) is 1.54. The molecule has 5 heteroatoms. The van der Waals surface area contributed by atoms with Crippen molar-refractivity contribution in [3.05, 3.63) is 0 Å². The second kappa shape index (κ2) is 1.24. The van der Waals surface area contributed by atoms with Crippen molar-refractivity contribution in [1.29, 1.82) is 0 Å². The molecule has 0 spiro atoms. The molecule has 0 aliphatic heterocycles. The van der Waals surface area contributed by atoms with Crippen LogP contribution in [-0.2, 0) is 9.63 Å². The number of hydrogen-bond donors (Lipinski definition) is 2. The molecule has 2 N–H and O–H groups in total. The maximum atomic E-state index is 11.1. The number of hydrogen-bond acceptors (Lipinski definition) is 1. The van der Waals surface area contributed by atoms with E-state index in [1.807, 2.05) is 0 Å². The number of halogens is 1. The highest BCUT2D eigenvalue weighted by atomic mass is 32.3. The van der Waals surface area contributed by atoms with Crippen LogP contribution in [0, 0.1) is 0 Å². The van der Waals surface area contributed by atoms with E-state index in [4.69, 9.17) is 9.11 Å². The summed E-state index contributed by atoms with van der Waals surface area (Å²) in [5, 5.41) is 0. The van der Waals surface area contributed by atoms with Crippen LogP contribution in [0.4, 0.5) is 4.39 Å². The molecule has 0 atom stereocenters. The van der Waals surface area contributed by atoms with Gasteiger partial charge in [-0.25, -0.2) is 8.60 Å². The molecule has 3 nitrogen and oxygen atoms in total. The van der Waals surface area contributed by atoms with E-state index in [-0.39, 0.29) is 0 Å². The van der Waals surface area contributed by atoms with Crippen LogP contribution in [0.1, 0.15) is 0 Å². The van der Waals surface area contributed by atoms with Crippen molar-refractivity contribution < 1.29 is 17.7 Å². The molecule has 0 bridgehead atoms. The Morgan fingerprint density at radius 2 is 1.86 bits per heavy atom. The molecule has 0 radical (unpaired) electrons. The lowest BCUT2D eigenvalue weighted by Gasteiger charge is -2.19. The Bertz CT molecular complexity index is 114. The SMILES string of the molecule is CS(=O)(O)(O)CF. The van der Waals surface area contributed by atoms with Gasteiger partial charge in [0.05, 0.1) is 0 Å². The van der Waals surface area contributed by atoms with Gasteiger partial charge in [-0.2, -0.15) is 0 Å². The lowest BCUT2D eigenvalue weighted by Crippen LogP contribution is -2.30. The second-order valence-corrected chi connectivity index (χ2v) is 4.61. The first-order valence-electron chi connectivity index (χ1n) is 1.50. The van der Waals surface area contributed by atoms with Crippen molar-refractivity contribution in [2.45, 2.75) is 0 Å². The molecule has 0 saturated carbocycles. The Morgan fingerprint density at radius 1 is 1.71 bits per heavy atom. The molecule has 0 heterocycles. The summed E-state index contributed by atoms with van der Waals surface area (Å²) < 4.78 is 37.1. The molecule has 0 aliphatic carbocycles. The molecular weight excluding hydrogens is 123 g/mol. The van der Waals surface area contributed by atoms with E-state index in [1.165, 1.54) is 0 Å². The van der Waals surface area contributed by atoms with Gasteiger partial charge in [0, 0.05) is 6.26 Å². The van der Waals surface area contributed by atoms with Gasteiger partial charge in [-0.05, 0) is 0 Å². The van der Waals surface area contributed by atoms with E-state index < -0.39 is 15.6 Å². The predicted octanol–water partition coefficient (Wildman–Crippen LogP) is 0.309. The monoisotopic (exact) mass is 130 g/mol. The first-order valence-corrected chi connectivity index (χ1v) is 3.95. The summed E-state index contributed by atoms with van der Waals surface area (Å²) in [7, 11) is -4.78. The van der Waals surface area contributed by atoms with Crippen LogP contribution in [0.2, 0.25) is 0 Å². The molecule has 0 aromatic rings. The smallest absolute Gasteiger partial charge is 0.186 e. The quantitative estimate of drug-likeness (QED) is 0.537. The highest BCUT2D eigenvalue weighted by molar-refractivity contribution is 8.09. The van der Waals surface area contributed by atoms with Gasteiger partial charge in [-0.3, -0.25) is 0 Å². The average molecular weight is 130 g/mol. The van der Waals surface area contributed by atoms with Crippen LogP contribution in [-0.4, -0.2) is 25.6 Å². The van der Waals surface area contributed by atoms with Crippen LogP contribution in [0.25, 0.3) is 0 Å². The molecular formula is C2H7FO3S. The fourth-order valence-corrected chi connectivity index (χ4v) is 0. The Labute approximate surface area is 40.6 Å². The summed E-state index contributed by atoms with van der Waals surface area (Å²) in [5.74, 6) is 0. The van der Waals surface area contributed by atoms with Crippen LogP contribution in [0.15, 0.2) is 0 Å². The molecule has 0 amide bonds. The van der Waals surface area contributed by atoms with Gasteiger partial charge in [-0.15, -0.1) is 0 Å². The summed E-state index contributed by atoms with van der Waals surface area (Å²) in [5.41, 5.74) is 0. The topological polar surface area (TPSA) is 57.5 Å². The number of alkyl halides is 1. The van der Waals surface area contributed by atoms with Gasteiger partial charge in [0.1, 0.15) is 9.63 Å². The molecule has 7 heavy (non-hydrogen) atoms. The maximum Gasteiger partial charge on any atom is 0.186 e. The summed E-state index contributed by atoms with van der Waals surface area (Å²) in [6, 6.07) is -1.60. The maximum absolute atomic E-state index is 11.1. The third-order valence-electron chi connectivity index (χ3n) is 0.251. The average Bonchev–Trinajstić information content (AvgIpc) is 1.32. The zero-order chi connectivity index (χ0) is 6.15. The molecule has 0 fully saturated rings. The Balaban J connectivity index is 4.14. The van der Waals surface area contributed by atoms with Crippen LogP contribution in [0.5, 0.6) is 0 Å². The standard InChI is InChI=1S/C2H7FO3S/c1-7(4,5,6)2-3/h2H2,1H3,(H2,4,5,6). The first-order chi connectivity index (χ1) is 2.81. The van der Waals surface area contributed by atoms with Crippen molar-refractivity contribution in [1.82, 2.24) is 0 Å². The lowest BCUT2D eigenvalue weighted by atomic mass is 11.8. The van der Waals surface area contributed by atoms with Crippen molar-refractivity contribution >= 4 is 9.63 Å². The van der Waals surface area contributed by atoms with Gasteiger partial charge < -0.3 is 9.11 Å². The van der Waals surface area contributed by atoms with Crippen molar-refractivity contribution in [3.8, 4) is 0 Å². The highest BCUT2D eigenvalue weighted by Crippen LogP contribution is 2.08. The van der Waals surface area contributed by atoms with Gasteiger partial charge in [0.2, 0.25) is 0 Å². The van der Waals surface area contributed by atoms with Gasteiger partial charge in [0.15, 0.2) is 6.01 Å². The van der Waals surface area contributed by atoms with Crippen LogP contribution >= 0.6 is 0 Å². The van der Waals surface area contributed by atoms with Crippen molar-refractivity contribution in [3.63, 3.8) is 0 Å². The normalized spacial score (nSPS) is 18.0. The molecule has 0 aromatic carbocycles. The first kappa shape index (κ1) is 7.00. The Kier molecular flexibility index (Phi) is 1.24. The minimum Gasteiger partial charge on any atom is -0.306 e. The fourth-order valence-electron chi connectivity index (χ4n) is 0. The Morgan fingerprint density at radius 3 is 1.86 bits per heavy atom. The van der Waals surface area contributed by atoms with E-state index in [2.05, 4.69) is 0 Å². The third kappa shape index (κ3) is 6.00. The van der Waals surface area contributed by atoms with Crippen molar-refractivity contribution in [2.24, 2.45) is 0 Å². The molecule has 0 aliphatic rings. The Hall–Kier alpha value is -0.0000000000000000555. The van der Waals surface area contributed by atoms with E-state index >= 15 is 0 Å². The summed E-state index contributed by atoms with van der Waals surface area (Å²) in [4.78, 5) is 0. The minimum atomic E-state index is -4.78. The third-order valence-corrected chi connectivity index (χ3v) is 0.754. The lowest BCUT2D eigenvalue weighted by molar-refractivity contribution is 0.370. The molecule has 0 saturated heterocycles. The van der Waals surface area contributed by atoms with E-state index in [9.17, 15) is 8.60 Å². The molecule has 0 aromatic heterocycles. The zero-order valence-electron chi connectivity index (χ0n) is 3.80. The number of rotatable bonds is 1. The van der Waals surface area contributed by atoms with E-state index in [0.29, 0.717) is 6.26 Å².